The Balaban J connectivity index is 1.40. The summed E-state index contributed by atoms with van der Waals surface area (Å²) in [5.41, 5.74) is 15.0. The third-order valence-corrected chi connectivity index (χ3v) is 9.51. The van der Waals surface area contributed by atoms with E-state index in [-0.39, 0.29) is 6.04 Å². The Bertz CT molecular complexity index is 2490. The first kappa shape index (κ1) is 30.7. The molecule has 1 aromatic heterocycles. The molecule has 7 aromatic rings. The second-order valence-electron chi connectivity index (χ2n) is 12.6. The van der Waals surface area contributed by atoms with Crippen LogP contribution in [0.1, 0.15) is 46.5 Å². The van der Waals surface area contributed by atoms with E-state index in [1.165, 1.54) is 22.3 Å². The topological polar surface area (TPSA) is 40.8 Å². The van der Waals surface area contributed by atoms with Crippen molar-refractivity contribution in [1.82, 2.24) is 4.57 Å². The van der Waals surface area contributed by atoms with E-state index in [0.29, 0.717) is 5.56 Å². The molecule has 8 rings (SSSR count). The fourth-order valence-electron chi connectivity index (χ4n) is 7.20. The SMILES string of the molecule is C=Cc1c(/C=C\C)c2ccc(-c3ccccc3)cc2n1-c1cc(-c2cccc(C#N)c2)cc(C2C=C(c3ccccc3)c3ccccc3N2)c1. The molecule has 0 saturated carbocycles. The Morgan fingerprint density at radius 2 is 1.42 bits per heavy atom. The van der Waals surface area contributed by atoms with Gasteiger partial charge in [0.1, 0.15) is 0 Å². The molecule has 238 valence electrons. The van der Waals surface area contributed by atoms with Gasteiger partial charge in [0.25, 0.3) is 0 Å². The van der Waals surface area contributed by atoms with Gasteiger partial charge in [-0.25, -0.2) is 0 Å². The smallest absolute Gasteiger partial charge is 0.0991 e. The van der Waals surface area contributed by atoms with Crippen molar-refractivity contribution in [3.8, 4) is 34.0 Å². The van der Waals surface area contributed by atoms with Crippen LogP contribution in [0.2, 0.25) is 0 Å². The fraction of sp³-hybridized carbons (Fsp3) is 0.0426. The maximum Gasteiger partial charge on any atom is 0.0991 e. The molecule has 0 aliphatic carbocycles. The van der Waals surface area contributed by atoms with Crippen LogP contribution in [-0.4, -0.2) is 4.57 Å². The number of nitrogens with zero attached hydrogens (tertiary/aromatic N) is 2. The molecule has 0 bridgehead atoms. The zero-order valence-electron chi connectivity index (χ0n) is 27.8. The van der Waals surface area contributed by atoms with Crippen LogP contribution in [0.25, 0.3) is 56.6 Å². The number of nitriles is 1. The van der Waals surface area contributed by atoms with E-state index in [4.69, 9.17) is 0 Å². The summed E-state index contributed by atoms with van der Waals surface area (Å²) in [5.74, 6) is 0. The first-order valence-corrected chi connectivity index (χ1v) is 16.9. The predicted octanol–water partition coefficient (Wildman–Crippen LogP) is 12.1. The number of fused-ring (bicyclic) bond motifs is 2. The van der Waals surface area contributed by atoms with Gasteiger partial charge in [-0.1, -0.05) is 122 Å². The summed E-state index contributed by atoms with van der Waals surface area (Å²) >= 11 is 0. The highest BCUT2D eigenvalue weighted by Gasteiger charge is 2.23. The van der Waals surface area contributed by atoms with Crippen LogP contribution < -0.4 is 5.32 Å². The monoisotopic (exact) mass is 641 g/mol. The molecule has 0 fully saturated rings. The first-order valence-electron chi connectivity index (χ1n) is 16.9. The Morgan fingerprint density at radius 3 is 2.18 bits per heavy atom. The van der Waals surface area contributed by atoms with E-state index in [0.717, 1.165) is 55.8 Å². The summed E-state index contributed by atoms with van der Waals surface area (Å²) in [4.78, 5) is 0. The quantitative estimate of drug-likeness (QED) is 0.188. The molecule has 0 radical (unpaired) electrons. The third-order valence-electron chi connectivity index (χ3n) is 9.51. The number of aromatic nitrogens is 1. The highest BCUT2D eigenvalue weighted by molar-refractivity contribution is 5.98. The molecule has 3 nitrogen and oxygen atoms in total. The van der Waals surface area contributed by atoms with Gasteiger partial charge in [-0.2, -0.15) is 5.26 Å². The lowest BCUT2D eigenvalue weighted by Gasteiger charge is -2.28. The van der Waals surface area contributed by atoms with Crippen LogP contribution in [0.15, 0.2) is 164 Å². The van der Waals surface area contributed by atoms with E-state index in [1.807, 2.05) is 30.3 Å². The molecule has 6 aromatic carbocycles. The highest BCUT2D eigenvalue weighted by atomic mass is 15.0. The standard InChI is InChI=1S/C47H35N3/c1-3-14-41-42-24-23-36(33-16-7-5-8-17-33)29-47(42)50(46(41)4-2)39-27-37(35-20-13-15-32(25-35)31-48)26-38(28-39)45-30-43(34-18-9-6-10-19-34)40-21-11-12-22-44(40)49-45/h3-30,45,49H,2H2,1H3/b14-3-. The maximum atomic E-state index is 9.80. The van der Waals surface area contributed by atoms with Crippen molar-refractivity contribution in [3.63, 3.8) is 0 Å². The number of nitrogens with one attached hydrogen (secondary N) is 1. The van der Waals surface area contributed by atoms with Crippen LogP contribution in [0.4, 0.5) is 5.69 Å². The molecular weight excluding hydrogens is 607 g/mol. The minimum Gasteiger partial charge on any atom is -0.374 e. The molecule has 3 heteroatoms. The minimum atomic E-state index is -0.109. The molecule has 1 N–H and O–H groups in total. The average molecular weight is 642 g/mol. The zero-order chi connectivity index (χ0) is 34.0. The van der Waals surface area contributed by atoms with Crippen molar-refractivity contribution in [2.24, 2.45) is 0 Å². The molecule has 1 aliphatic rings. The summed E-state index contributed by atoms with van der Waals surface area (Å²) in [6.07, 6.45) is 8.56. The lowest BCUT2D eigenvalue weighted by Crippen LogP contribution is -2.15. The number of hydrogen-bond acceptors (Lipinski definition) is 2. The van der Waals surface area contributed by atoms with Gasteiger partial charge in [0.05, 0.1) is 28.9 Å². The molecule has 0 spiro atoms. The van der Waals surface area contributed by atoms with Gasteiger partial charge in [-0.15, -0.1) is 0 Å². The number of anilines is 1. The van der Waals surface area contributed by atoms with Crippen LogP contribution in [0.5, 0.6) is 0 Å². The molecule has 1 atom stereocenters. The molecule has 1 aliphatic heterocycles. The van der Waals surface area contributed by atoms with Crippen molar-refractivity contribution in [2.75, 3.05) is 5.32 Å². The fourth-order valence-corrected chi connectivity index (χ4v) is 7.20. The number of para-hydroxylation sites is 1. The minimum absolute atomic E-state index is 0.109. The molecule has 0 saturated heterocycles. The molecule has 2 heterocycles. The summed E-state index contributed by atoms with van der Waals surface area (Å²) in [7, 11) is 0. The first-order chi connectivity index (χ1) is 24.6. The van der Waals surface area contributed by atoms with Crippen molar-refractivity contribution >= 4 is 34.3 Å². The Morgan fingerprint density at radius 1 is 0.700 bits per heavy atom. The van der Waals surface area contributed by atoms with Crippen LogP contribution >= 0.6 is 0 Å². The lowest BCUT2D eigenvalue weighted by molar-refractivity contribution is 0.965. The second kappa shape index (κ2) is 13.1. The van der Waals surface area contributed by atoms with E-state index in [1.54, 1.807) is 0 Å². The lowest BCUT2D eigenvalue weighted by atomic mass is 9.88. The van der Waals surface area contributed by atoms with Crippen LogP contribution in [0, 0.1) is 11.3 Å². The van der Waals surface area contributed by atoms with Gasteiger partial charge in [0.15, 0.2) is 0 Å². The number of hydrogen-bond donors (Lipinski definition) is 1. The molecule has 0 amide bonds. The van der Waals surface area contributed by atoms with Crippen molar-refractivity contribution in [2.45, 2.75) is 13.0 Å². The van der Waals surface area contributed by atoms with Crippen molar-refractivity contribution in [3.05, 3.63) is 198 Å². The van der Waals surface area contributed by atoms with Gasteiger partial charge in [0.2, 0.25) is 0 Å². The van der Waals surface area contributed by atoms with E-state index >= 15 is 0 Å². The van der Waals surface area contributed by atoms with Crippen molar-refractivity contribution in [1.29, 1.82) is 5.26 Å². The van der Waals surface area contributed by atoms with Gasteiger partial charge in [0, 0.05) is 27.9 Å². The molecular formula is C47H35N3. The Kier molecular flexibility index (Phi) is 8.05. The van der Waals surface area contributed by atoms with Gasteiger partial charge < -0.3 is 9.88 Å². The van der Waals surface area contributed by atoms with Crippen molar-refractivity contribution < 1.29 is 0 Å². The summed E-state index contributed by atoms with van der Waals surface area (Å²) in [6, 6.07) is 53.2. The Labute approximate surface area is 293 Å². The largest absolute Gasteiger partial charge is 0.374 e. The number of allylic oxidation sites excluding steroid dienone is 1. The predicted molar refractivity (Wildman–Crippen MR) is 210 cm³/mol. The maximum absolute atomic E-state index is 9.80. The summed E-state index contributed by atoms with van der Waals surface area (Å²) in [6.45, 7) is 6.36. The highest BCUT2D eigenvalue weighted by Crippen LogP contribution is 2.41. The summed E-state index contributed by atoms with van der Waals surface area (Å²) in [5, 5.41) is 14.8. The van der Waals surface area contributed by atoms with E-state index < -0.39 is 0 Å². The van der Waals surface area contributed by atoms with Gasteiger partial charge in [-0.05, 0) is 100 Å². The van der Waals surface area contributed by atoms with Gasteiger partial charge >= 0.3 is 0 Å². The van der Waals surface area contributed by atoms with Crippen LogP contribution in [0.3, 0.4) is 0 Å². The number of benzene rings is 6. The second-order valence-corrected chi connectivity index (χ2v) is 12.6. The molecule has 50 heavy (non-hydrogen) atoms. The normalized spacial score (nSPS) is 13.8. The summed E-state index contributed by atoms with van der Waals surface area (Å²) < 4.78 is 2.34. The Hall–Kier alpha value is -6.63. The third kappa shape index (κ3) is 5.53. The number of rotatable bonds is 7. The van der Waals surface area contributed by atoms with Crippen LogP contribution in [-0.2, 0) is 0 Å². The van der Waals surface area contributed by atoms with E-state index in [9.17, 15) is 5.26 Å². The van der Waals surface area contributed by atoms with E-state index in [2.05, 4.69) is 169 Å². The van der Waals surface area contributed by atoms with Gasteiger partial charge in [-0.3, -0.25) is 0 Å². The molecule has 1 unspecified atom stereocenters. The average Bonchev–Trinajstić information content (AvgIpc) is 3.50. The zero-order valence-corrected chi connectivity index (χ0v) is 27.8.